The van der Waals surface area contributed by atoms with Crippen LogP contribution in [0.5, 0.6) is 0 Å². The Balaban J connectivity index is 2.01. The predicted molar refractivity (Wildman–Crippen MR) is 101 cm³/mol. The summed E-state index contributed by atoms with van der Waals surface area (Å²) in [6.45, 7) is 1.57. The number of methoxy groups -OCH3 is 1. The second-order valence-corrected chi connectivity index (χ2v) is 5.63. The molecule has 2 rings (SSSR count). The van der Waals surface area contributed by atoms with Crippen LogP contribution in [0, 0.1) is 28.9 Å². The molecule has 1 N–H and O–H groups in total. The van der Waals surface area contributed by atoms with Crippen LogP contribution in [-0.2, 0) is 16.1 Å². The third kappa shape index (κ3) is 5.57. The van der Waals surface area contributed by atoms with E-state index in [0.29, 0.717) is 0 Å². The molecule has 0 saturated carbocycles. The number of amides is 1. The molecule has 144 valence electrons. The van der Waals surface area contributed by atoms with E-state index in [2.05, 4.69) is 21.9 Å². The smallest absolute Gasteiger partial charge is 0.408 e. The van der Waals surface area contributed by atoms with Crippen molar-refractivity contribution in [3.8, 4) is 11.8 Å². The highest BCUT2D eigenvalue weighted by Crippen LogP contribution is 2.24. The molecule has 0 aliphatic carbocycles. The van der Waals surface area contributed by atoms with Gasteiger partial charge in [0.1, 0.15) is 6.61 Å². The molecule has 8 heteroatoms. The summed E-state index contributed by atoms with van der Waals surface area (Å²) in [4.78, 5) is 34.0. The van der Waals surface area contributed by atoms with E-state index in [9.17, 15) is 19.7 Å². The van der Waals surface area contributed by atoms with E-state index in [1.165, 1.54) is 26.2 Å². The summed E-state index contributed by atoms with van der Waals surface area (Å²) in [5.41, 5.74) is 1.15. The number of esters is 1. The molecule has 2 aromatic rings. The Kier molecular flexibility index (Phi) is 7.11. The summed E-state index contributed by atoms with van der Waals surface area (Å²) in [5.74, 6) is 4.66. The second-order valence-electron chi connectivity index (χ2n) is 5.63. The van der Waals surface area contributed by atoms with E-state index < -0.39 is 17.0 Å². The summed E-state index contributed by atoms with van der Waals surface area (Å²) in [5, 5.41) is 13.6. The Bertz CT molecular complexity index is 944. The lowest BCUT2D eigenvalue weighted by Gasteiger charge is -2.06. The molecule has 0 spiro atoms. The van der Waals surface area contributed by atoms with E-state index in [1.807, 2.05) is 30.3 Å². The first kappa shape index (κ1) is 20.5. The normalized spacial score (nSPS) is 9.64. The summed E-state index contributed by atoms with van der Waals surface area (Å²) in [7, 11) is 1.19. The zero-order valence-electron chi connectivity index (χ0n) is 15.4. The maximum Gasteiger partial charge on any atom is 0.408 e. The number of benzene rings is 2. The first-order valence-electron chi connectivity index (χ1n) is 8.23. The largest absolute Gasteiger partial charge is 0.465 e. The molecular formula is C20H18N2O6. The standard InChI is InChI=1S/C20H18N2O6/c1-14-17(19(23)27-2)11-16(12-18(14)22(25)26)9-6-10-21-20(24)28-13-15-7-4-3-5-8-15/h3-5,7-8,11-12H,10,13H2,1-2H3,(H,21,24). The van der Waals surface area contributed by atoms with Crippen molar-refractivity contribution in [2.45, 2.75) is 13.5 Å². The van der Waals surface area contributed by atoms with Gasteiger partial charge >= 0.3 is 12.1 Å². The van der Waals surface area contributed by atoms with E-state index in [0.717, 1.165) is 5.56 Å². The van der Waals surface area contributed by atoms with Gasteiger partial charge in [-0.1, -0.05) is 42.2 Å². The number of rotatable bonds is 5. The van der Waals surface area contributed by atoms with Gasteiger partial charge in [0.15, 0.2) is 0 Å². The van der Waals surface area contributed by atoms with Gasteiger partial charge in [-0.3, -0.25) is 10.1 Å². The Morgan fingerprint density at radius 2 is 1.93 bits per heavy atom. The number of carbonyl (C=O) groups is 2. The van der Waals surface area contributed by atoms with Gasteiger partial charge < -0.3 is 14.8 Å². The van der Waals surface area contributed by atoms with Gasteiger partial charge in [-0.05, 0) is 18.6 Å². The van der Waals surface area contributed by atoms with Crippen LogP contribution in [0.3, 0.4) is 0 Å². The molecule has 0 radical (unpaired) electrons. The topological polar surface area (TPSA) is 108 Å². The van der Waals surface area contributed by atoms with Gasteiger partial charge in [0.25, 0.3) is 5.69 Å². The molecule has 0 fully saturated rings. The summed E-state index contributed by atoms with van der Waals surface area (Å²) < 4.78 is 9.69. The molecule has 0 atom stereocenters. The van der Waals surface area contributed by atoms with E-state index in [4.69, 9.17) is 4.74 Å². The highest BCUT2D eigenvalue weighted by molar-refractivity contribution is 5.92. The molecule has 0 bridgehead atoms. The first-order chi connectivity index (χ1) is 13.4. The number of nitro benzene ring substituents is 1. The molecule has 0 aromatic heterocycles. The fourth-order valence-corrected chi connectivity index (χ4v) is 2.32. The van der Waals surface area contributed by atoms with E-state index in [-0.39, 0.29) is 35.5 Å². The maximum absolute atomic E-state index is 11.8. The third-order valence-corrected chi connectivity index (χ3v) is 3.75. The van der Waals surface area contributed by atoms with Gasteiger partial charge in [0.05, 0.1) is 24.1 Å². The van der Waals surface area contributed by atoms with Crippen molar-refractivity contribution in [3.05, 3.63) is 74.8 Å². The van der Waals surface area contributed by atoms with E-state index >= 15 is 0 Å². The minimum Gasteiger partial charge on any atom is -0.465 e. The third-order valence-electron chi connectivity index (χ3n) is 3.75. The lowest BCUT2D eigenvalue weighted by Crippen LogP contribution is -2.24. The predicted octanol–water partition coefficient (Wildman–Crippen LogP) is 2.97. The Hall–Kier alpha value is -3.86. The van der Waals surface area contributed by atoms with Crippen molar-refractivity contribution >= 4 is 17.7 Å². The first-order valence-corrected chi connectivity index (χ1v) is 8.23. The van der Waals surface area contributed by atoms with Crippen LogP contribution in [0.2, 0.25) is 0 Å². The number of hydrogen-bond acceptors (Lipinski definition) is 6. The minimum absolute atomic E-state index is 0.0249. The quantitative estimate of drug-likeness (QED) is 0.369. The van der Waals surface area contributed by atoms with Gasteiger partial charge in [-0.15, -0.1) is 0 Å². The highest BCUT2D eigenvalue weighted by Gasteiger charge is 2.20. The summed E-state index contributed by atoms with van der Waals surface area (Å²) in [6, 6.07) is 11.9. The van der Waals surface area contributed by atoms with Crippen molar-refractivity contribution in [2.24, 2.45) is 0 Å². The number of hydrogen-bond donors (Lipinski definition) is 1. The minimum atomic E-state index is -0.688. The zero-order chi connectivity index (χ0) is 20.5. The van der Waals surface area contributed by atoms with Gasteiger partial charge in [0.2, 0.25) is 0 Å². The molecule has 1 amide bonds. The zero-order valence-corrected chi connectivity index (χ0v) is 15.4. The van der Waals surface area contributed by atoms with Crippen molar-refractivity contribution in [3.63, 3.8) is 0 Å². The lowest BCUT2D eigenvalue weighted by molar-refractivity contribution is -0.385. The number of ether oxygens (including phenoxy) is 2. The summed E-state index contributed by atoms with van der Waals surface area (Å²) in [6.07, 6.45) is -0.636. The number of nitro groups is 1. The van der Waals surface area contributed by atoms with Crippen LogP contribution in [0.15, 0.2) is 42.5 Å². The number of carbonyl (C=O) groups excluding carboxylic acids is 2. The molecule has 0 aliphatic heterocycles. The van der Waals surface area contributed by atoms with Crippen LogP contribution >= 0.6 is 0 Å². The van der Waals surface area contributed by atoms with Gasteiger partial charge in [0, 0.05) is 17.2 Å². The number of nitrogens with one attached hydrogen (secondary N) is 1. The monoisotopic (exact) mass is 382 g/mol. The Morgan fingerprint density at radius 3 is 2.57 bits per heavy atom. The molecule has 0 aliphatic rings. The maximum atomic E-state index is 11.8. The van der Waals surface area contributed by atoms with Crippen molar-refractivity contribution in [2.75, 3.05) is 13.7 Å². The molecule has 8 nitrogen and oxygen atoms in total. The van der Waals surface area contributed by atoms with Gasteiger partial charge in [-0.25, -0.2) is 9.59 Å². The van der Waals surface area contributed by atoms with E-state index in [1.54, 1.807) is 0 Å². The molecular weight excluding hydrogens is 364 g/mol. The van der Waals surface area contributed by atoms with Crippen LogP contribution in [0.1, 0.15) is 27.0 Å². The van der Waals surface area contributed by atoms with Crippen LogP contribution in [-0.4, -0.2) is 30.6 Å². The molecule has 0 unspecified atom stereocenters. The second kappa shape index (κ2) is 9.73. The lowest BCUT2D eigenvalue weighted by atomic mass is 10.0. The average molecular weight is 382 g/mol. The van der Waals surface area contributed by atoms with Crippen LogP contribution < -0.4 is 5.32 Å². The highest BCUT2D eigenvalue weighted by atomic mass is 16.6. The summed E-state index contributed by atoms with van der Waals surface area (Å²) >= 11 is 0. The molecule has 28 heavy (non-hydrogen) atoms. The van der Waals surface area contributed by atoms with Crippen LogP contribution in [0.25, 0.3) is 0 Å². The molecule has 2 aromatic carbocycles. The Labute approximate surface area is 161 Å². The average Bonchev–Trinajstić information content (AvgIpc) is 2.70. The number of alkyl carbamates (subject to hydrolysis) is 1. The van der Waals surface area contributed by atoms with Crippen molar-refractivity contribution in [1.82, 2.24) is 5.32 Å². The SMILES string of the molecule is COC(=O)c1cc(C#CCNC(=O)OCc2ccccc2)cc([N+](=O)[O-])c1C. The number of nitrogens with zero attached hydrogens (tertiary/aromatic N) is 1. The fraction of sp³-hybridized carbons (Fsp3) is 0.200. The fourth-order valence-electron chi connectivity index (χ4n) is 2.32. The molecule has 0 saturated heterocycles. The Morgan fingerprint density at radius 1 is 1.21 bits per heavy atom. The van der Waals surface area contributed by atoms with Crippen LogP contribution in [0.4, 0.5) is 10.5 Å². The van der Waals surface area contributed by atoms with Gasteiger partial charge in [-0.2, -0.15) is 0 Å². The van der Waals surface area contributed by atoms with Crippen molar-refractivity contribution in [1.29, 1.82) is 0 Å². The molecule has 0 heterocycles. The van der Waals surface area contributed by atoms with Crippen molar-refractivity contribution < 1.29 is 24.0 Å².